The highest BCUT2D eigenvalue weighted by atomic mass is 15.2. The Bertz CT molecular complexity index is 396. The van der Waals surface area contributed by atoms with E-state index in [1.54, 1.807) is 0 Å². The Morgan fingerprint density at radius 1 is 1.05 bits per heavy atom. The van der Waals surface area contributed by atoms with Crippen LogP contribution in [0, 0.1) is 5.92 Å². The minimum Gasteiger partial charge on any atom is -0.329 e. The summed E-state index contributed by atoms with van der Waals surface area (Å²) < 4.78 is 0. The third-order valence-electron chi connectivity index (χ3n) is 4.41. The first-order valence-corrected chi connectivity index (χ1v) is 8.62. The summed E-state index contributed by atoms with van der Waals surface area (Å²) in [5.41, 5.74) is 9.07. The Hall–Kier alpha value is -0.860. The van der Waals surface area contributed by atoms with Crippen molar-refractivity contribution in [3.05, 3.63) is 35.4 Å². The third kappa shape index (κ3) is 4.82. The van der Waals surface area contributed by atoms with Crippen molar-refractivity contribution < 1.29 is 0 Å². The molecule has 1 atom stereocenters. The zero-order chi connectivity index (χ0) is 15.8. The van der Waals surface area contributed by atoms with Gasteiger partial charge in [0.05, 0.1) is 0 Å². The standard InChI is InChI=1S/C19H34N2/c1-6-16-11-9-10-12-18(16)19(13-20)21(14-15(4)5)17(7-2)8-3/h9-12,15,17,19H,6-8,13-14,20H2,1-5H3. The largest absolute Gasteiger partial charge is 0.329 e. The summed E-state index contributed by atoms with van der Waals surface area (Å²) in [6.07, 6.45) is 3.45. The van der Waals surface area contributed by atoms with E-state index >= 15 is 0 Å². The Balaban J connectivity index is 3.16. The van der Waals surface area contributed by atoms with Gasteiger partial charge in [0.2, 0.25) is 0 Å². The van der Waals surface area contributed by atoms with Gasteiger partial charge in [-0.3, -0.25) is 4.90 Å². The summed E-state index contributed by atoms with van der Waals surface area (Å²) in [6.45, 7) is 13.2. The number of nitrogens with two attached hydrogens (primary N) is 1. The van der Waals surface area contributed by atoms with Gasteiger partial charge < -0.3 is 5.73 Å². The number of rotatable bonds is 9. The van der Waals surface area contributed by atoms with Crippen LogP contribution in [0.15, 0.2) is 24.3 Å². The number of hydrogen-bond acceptors (Lipinski definition) is 2. The van der Waals surface area contributed by atoms with E-state index in [2.05, 4.69) is 63.8 Å². The molecule has 0 amide bonds. The fourth-order valence-electron chi connectivity index (χ4n) is 3.33. The molecule has 1 rings (SSSR count). The van der Waals surface area contributed by atoms with Crippen molar-refractivity contribution in [2.45, 2.75) is 66.0 Å². The van der Waals surface area contributed by atoms with Crippen molar-refractivity contribution in [3.8, 4) is 0 Å². The highest BCUT2D eigenvalue weighted by Gasteiger charge is 2.26. The first kappa shape index (κ1) is 18.2. The lowest BCUT2D eigenvalue weighted by atomic mass is 9.94. The van der Waals surface area contributed by atoms with Gasteiger partial charge in [0.15, 0.2) is 0 Å². The maximum atomic E-state index is 6.21. The topological polar surface area (TPSA) is 29.3 Å². The highest BCUT2D eigenvalue weighted by molar-refractivity contribution is 5.30. The average Bonchev–Trinajstić information content (AvgIpc) is 2.49. The van der Waals surface area contributed by atoms with Gasteiger partial charge in [0, 0.05) is 25.2 Å². The minimum absolute atomic E-state index is 0.341. The van der Waals surface area contributed by atoms with E-state index in [0.29, 0.717) is 24.5 Å². The van der Waals surface area contributed by atoms with Crippen LogP contribution in [0.25, 0.3) is 0 Å². The van der Waals surface area contributed by atoms with Crippen LogP contribution in [-0.2, 0) is 6.42 Å². The molecule has 0 radical (unpaired) electrons. The Kier molecular flexibility index (Phi) is 7.98. The lowest BCUT2D eigenvalue weighted by molar-refractivity contribution is 0.112. The molecule has 0 aliphatic heterocycles. The lowest BCUT2D eigenvalue weighted by Crippen LogP contribution is -2.43. The monoisotopic (exact) mass is 290 g/mol. The van der Waals surface area contributed by atoms with Crippen molar-refractivity contribution in [2.24, 2.45) is 11.7 Å². The molecular weight excluding hydrogens is 256 g/mol. The van der Waals surface area contributed by atoms with Crippen LogP contribution in [0.4, 0.5) is 0 Å². The van der Waals surface area contributed by atoms with Crippen LogP contribution >= 0.6 is 0 Å². The zero-order valence-electron chi connectivity index (χ0n) is 14.6. The van der Waals surface area contributed by atoms with Crippen molar-refractivity contribution in [2.75, 3.05) is 13.1 Å². The number of nitrogens with zero attached hydrogens (tertiary/aromatic N) is 1. The fraction of sp³-hybridized carbons (Fsp3) is 0.684. The molecule has 0 aliphatic rings. The van der Waals surface area contributed by atoms with E-state index in [1.807, 2.05) is 0 Å². The minimum atomic E-state index is 0.341. The SMILES string of the molecule is CCc1ccccc1C(CN)N(CC(C)C)C(CC)CC. The molecule has 1 unspecified atom stereocenters. The second-order valence-electron chi connectivity index (χ2n) is 6.36. The molecule has 1 aromatic carbocycles. The maximum absolute atomic E-state index is 6.21. The summed E-state index contributed by atoms with van der Waals surface area (Å²) in [4.78, 5) is 2.65. The van der Waals surface area contributed by atoms with E-state index in [9.17, 15) is 0 Å². The summed E-state index contributed by atoms with van der Waals surface area (Å²) in [7, 11) is 0. The molecule has 2 N–H and O–H groups in total. The smallest absolute Gasteiger partial charge is 0.0476 e. The normalized spacial score (nSPS) is 13.4. The fourth-order valence-corrected chi connectivity index (χ4v) is 3.33. The molecule has 0 saturated heterocycles. The van der Waals surface area contributed by atoms with Crippen LogP contribution in [0.5, 0.6) is 0 Å². The van der Waals surface area contributed by atoms with E-state index < -0.39 is 0 Å². The summed E-state index contributed by atoms with van der Waals surface area (Å²) in [5, 5.41) is 0. The summed E-state index contributed by atoms with van der Waals surface area (Å²) in [5.74, 6) is 0.661. The molecule has 2 nitrogen and oxygen atoms in total. The van der Waals surface area contributed by atoms with Gasteiger partial charge in [-0.25, -0.2) is 0 Å². The lowest BCUT2D eigenvalue weighted by Gasteiger charge is -2.39. The molecule has 0 heterocycles. The van der Waals surface area contributed by atoms with Crippen LogP contribution in [0.2, 0.25) is 0 Å². The zero-order valence-corrected chi connectivity index (χ0v) is 14.6. The molecule has 120 valence electrons. The van der Waals surface area contributed by atoms with E-state index in [0.717, 1.165) is 13.0 Å². The van der Waals surface area contributed by atoms with Crippen molar-refractivity contribution in [3.63, 3.8) is 0 Å². The van der Waals surface area contributed by atoms with E-state index in [-0.39, 0.29) is 0 Å². The van der Waals surface area contributed by atoms with E-state index in [1.165, 1.54) is 24.0 Å². The van der Waals surface area contributed by atoms with Gasteiger partial charge >= 0.3 is 0 Å². The molecule has 1 aromatic rings. The molecule has 0 spiro atoms. The summed E-state index contributed by atoms with van der Waals surface area (Å²) >= 11 is 0. The summed E-state index contributed by atoms with van der Waals surface area (Å²) in [6, 6.07) is 9.77. The number of aryl methyl sites for hydroxylation is 1. The van der Waals surface area contributed by atoms with E-state index in [4.69, 9.17) is 5.73 Å². The Labute approximate surface area is 131 Å². The number of hydrogen-bond donors (Lipinski definition) is 1. The Morgan fingerprint density at radius 2 is 1.67 bits per heavy atom. The van der Waals surface area contributed by atoms with Crippen molar-refractivity contribution in [1.29, 1.82) is 0 Å². The molecule has 21 heavy (non-hydrogen) atoms. The van der Waals surface area contributed by atoms with Crippen LogP contribution in [0.3, 0.4) is 0 Å². The molecule has 0 aliphatic carbocycles. The van der Waals surface area contributed by atoms with Crippen LogP contribution < -0.4 is 5.73 Å². The first-order valence-electron chi connectivity index (χ1n) is 8.62. The van der Waals surface area contributed by atoms with Crippen LogP contribution in [0.1, 0.15) is 64.6 Å². The predicted octanol–water partition coefficient (Wildman–Crippen LogP) is 4.40. The second kappa shape index (κ2) is 9.22. The molecule has 2 heteroatoms. The molecular formula is C19H34N2. The third-order valence-corrected chi connectivity index (χ3v) is 4.41. The van der Waals surface area contributed by atoms with Gasteiger partial charge in [-0.1, -0.05) is 58.9 Å². The molecule has 0 fully saturated rings. The predicted molar refractivity (Wildman–Crippen MR) is 93.5 cm³/mol. The van der Waals surface area contributed by atoms with Crippen LogP contribution in [-0.4, -0.2) is 24.0 Å². The Morgan fingerprint density at radius 3 is 2.14 bits per heavy atom. The quantitative estimate of drug-likeness (QED) is 0.730. The second-order valence-corrected chi connectivity index (χ2v) is 6.36. The molecule has 0 aromatic heterocycles. The van der Waals surface area contributed by atoms with Gasteiger partial charge in [-0.05, 0) is 36.3 Å². The number of benzene rings is 1. The van der Waals surface area contributed by atoms with Gasteiger partial charge in [-0.2, -0.15) is 0 Å². The average molecular weight is 290 g/mol. The van der Waals surface area contributed by atoms with Crippen molar-refractivity contribution >= 4 is 0 Å². The highest BCUT2D eigenvalue weighted by Crippen LogP contribution is 2.28. The van der Waals surface area contributed by atoms with Gasteiger partial charge in [0.1, 0.15) is 0 Å². The first-order chi connectivity index (χ1) is 10.1. The van der Waals surface area contributed by atoms with Gasteiger partial charge in [-0.15, -0.1) is 0 Å². The molecule has 0 saturated carbocycles. The maximum Gasteiger partial charge on any atom is 0.0476 e. The van der Waals surface area contributed by atoms with Crippen molar-refractivity contribution in [1.82, 2.24) is 4.90 Å². The van der Waals surface area contributed by atoms with Gasteiger partial charge in [0.25, 0.3) is 0 Å². The molecule has 0 bridgehead atoms.